The fourth-order valence-corrected chi connectivity index (χ4v) is 1.34. The number of primary amides is 1. The van der Waals surface area contributed by atoms with Gasteiger partial charge in [-0.05, 0) is 22.9 Å². The number of likely N-dealkylation sites (N-methyl/N-ethyl adjacent to an activating group) is 1. The van der Waals surface area contributed by atoms with Gasteiger partial charge < -0.3 is 10.6 Å². The van der Waals surface area contributed by atoms with Crippen LogP contribution in [0.2, 0.25) is 0 Å². The molecule has 0 spiro atoms. The molecule has 76 valence electrons. The summed E-state index contributed by atoms with van der Waals surface area (Å²) >= 11 is 3.23. The fourth-order valence-electron chi connectivity index (χ4n) is 1.04. The molecule has 1 aromatic rings. The smallest absolute Gasteiger partial charge is 0.236 e. The predicted octanol–water partition coefficient (Wildman–Crippen LogP) is 0.551. The molecule has 0 aliphatic heterocycles. The highest BCUT2D eigenvalue weighted by Crippen LogP contribution is 2.13. The Balaban J connectivity index is 2.83. The molecule has 1 aromatic heterocycles. The minimum absolute atomic E-state index is 0.167. The van der Waals surface area contributed by atoms with Gasteiger partial charge >= 0.3 is 0 Å². The van der Waals surface area contributed by atoms with Crippen LogP contribution in [0.5, 0.6) is 0 Å². The molecule has 0 saturated heterocycles. The summed E-state index contributed by atoms with van der Waals surface area (Å²) < 4.78 is 0.686. The Morgan fingerprint density at radius 3 is 2.86 bits per heavy atom. The van der Waals surface area contributed by atoms with Crippen molar-refractivity contribution in [3.05, 3.63) is 17.0 Å². The zero-order chi connectivity index (χ0) is 10.6. The number of rotatable bonds is 4. The highest BCUT2D eigenvalue weighted by atomic mass is 79.9. The average Bonchev–Trinajstić information content (AvgIpc) is 2.14. The summed E-state index contributed by atoms with van der Waals surface area (Å²) in [5.41, 5.74) is 5.11. The van der Waals surface area contributed by atoms with Gasteiger partial charge in [0.1, 0.15) is 16.7 Å². The standard InChI is InChI=1S/C8H11BrN4O/c1-2-13(4-7(10)14)8-3-6(9)11-5-12-8/h3,5H,2,4H2,1H3,(H2,10,14). The number of halogens is 1. The molecule has 14 heavy (non-hydrogen) atoms. The third-order valence-electron chi connectivity index (χ3n) is 1.67. The lowest BCUT2D eigenvalue weighted by atomic mass is 10.4. The van der Waals surface area contributed by atoms with E-state index in [1.807, 2.05) is 6.92 Å². The molecule has 0 fully saturated rings. The summed E-state index contributed by atoms with van der Waals surface area (Å²) in [4.78, 5) is 20.5. The molecule has 0 unspecified atom stereocenters. The minimum atomic E-state index is -0.374. The van der Waals surface area contributed by atoms with Gasteiger partial charge in [-0.1, -0.05) is 0 Å². The number of carbonyl (C=O) groups excluding carboxylic acids is 1. The van der Waals surface area contributed by atoms with Gasteiger partial charge in [0.15, 0.2) is 0 Å². The number of hydrogen-bond donors (Lipinski definition) is 1. The van der Waals surface area contributed by atoms with Gasteiger partial charge in [-0.2, -0.15) is 0 Å². The van der Waals surface area contributed by atoms with E-state index in [1.54, 1.807) is 11.0 Å². The van der Waals surface area contributed by atoms with Gasteiger partial charge in [0.25, 0.3) is 0 Å². The molecule has 2 N–H and O–H groups in total. The zero-order valence-electron chi connectivity index (χ0n) is 7.77. The zero-order valence-corrected chi connectivity index (χ0v) is 9.36. The van der Waals surface area contributed by atoms with Crippen LogP contribution >= 0.6 is 15.9 Å². The van der Waals surface area contributed by atoms with Crippen molar-refractivity contribution in [2.75, 3.05) is 18.0 Å². The number of hydrogen-bond acceptors (Lipinski definition) is 4. The van der Waals surface area contributed by atoms with Crippen molar-refractivity contribution in [1.29, 1.82) is 0 Å². The van der Waals surface area contributed by atoms with Crippen LogP contribution in [0.4, 0.5) is 5.82 Å². The van der Waals surface area contributed by atoms with E-state index >= 15 is 0 Å². The molecule has 0 aliphatic rings. The van der Waals surface area contributed by atoms with Crippen molar-refractivity contribution in [1.82, 2.24) is 9.97 Å². The van der Waals surface area contributed by atoms with E-state index < -0.39 is 0 Å². The Hall–Kier alpha value is -1.17. The van der Waals surface area contributed by atoms with Crippen LogP contribution in [0.15, 0.2) is 17.0 Å². The summed E-state index contributed by atoms with van der Waals surface area (Å²) in [7, 11) is 0. The SMILES string of the molecule is CCN(CC(N)=O)c1cc(Br)ncn1. The van der Waals surface area contributed by atoms with E-state index in [1.165, 1.54) is 6.33 Å². The first-order valence-corrected chi connectivity index (χ1v) is 4.93. The first-order valence-electron chi connectivity index (χ1n) is 4.14. The van der Waals surface area contributed by atoms with Gasteiger partial charge in [0.2, 0.25) is 5.91 Å². The summed E-state index contributed by atoms with van der Waals surface area (Å²) in [6.45, 7) is 2.77. The Kier molecular flexibility index (Phi) is 3.82. The van der Waals surface area contributed by atoms with Crippen molar-refractivity contribution >= 4 is 27.7 Å². The normalized spacial score (nSPS) is 9.86. The van der Waals surface area contributed by atoms with Crippen LogP contribution < -0.4 is 10.6 Å². The van der Waals surface area contributed by atoms with E-state index in [-0.39, 0.29) is 12.5 Å². The second kappa shape index (κ2) is 4.90. The van der Waals surface area contributed by atoms with Gasteiger partial charge in [0, 0.05) is 12.6 Å². The number of anilines is 1. The number of amides is 1. The van der Waals surface area contributed by atoms with E-state index in [9.17, 15) is 4.79 Å². The molecule has 0 aliphatic carbocycles. The lowest BCUT2D eigenvalue weighted by molar-refractivity contribution is -0.116. The van der Waals surface area contributed by atoms with Crippen molar-refractivity contribution in [3.63, 3.8) is 0 Å². The Bertz CT molecular complexity index is 331. The molecule has 0 atom stereocenters. The number of aromatic nitrogens is 2. The minimum Gasteiger partial charge on any atom is -0.368 e. The van der Waals surface area contributed by atoms with Crippen LogP contribution in [0.3, 0.4) is 0 Å². The van der Waals surface area contributed by atoms with Gasteiger partial charge in [0.05, 0.1) is 6.54 Å². The second-order valence-corrected chi connectivity index (χ2v) is 3.49. The average molecular weight is 259 g/mol. The maximum Gasteiger partial charge on any atom is 0.236 e. The monoisotopic (exact) mass is 258 g/mol. The van der Waals surface area contributed by atoms with Gasteiger partial charge in [-0.25, -0.2) is 9.97 Å². The van der Waals surface area contributed by atoms with E-state index in [2.05, 4.69) is 25.9 Å². The molecular weight excluding hydrogens is 248 g/mol. The van der Waals surface area contributed by atoms with E-state index in [0.717, 1.165) is 0 Å². The van der Waals surface area contributed by atoms with Gasteiger partial charge in [-0.15, -0.1) is 0 Å². The Morgan fingerprint density at radius 2 is 2.36 bits per heavy atom. The van der Waals surface area contributed by atoms with Crippen molar-refractivity contribution in [2.45, 2.75) is 6.92 Å². The van der Waals surface area contributed by atoms with Gasteiger partial charge in [-0.3, -0.25) is 4.79 Å². The van der Waals surface area contributed by atoms with Crippen molar-refractivity contribution < 1.29 is 4.79 Å². The summed E-state index contributed by atoms with van der Waals surface area (Å²) in [6.07, 6.45) is 1.43. The molecule has 0 radical (unpaired) electrons. The van der Waals surface area contributed by atoms with Crippen LogP contribution in [0, 0.1) is 0 Å². The third kappa shape index (κ3) is 2.95. The second-order valence-electron chi connectivity index (χ2n) is 2.68. The maximum absolute atomic E-state index is 10.8. The number of nitrogens with zero attached hydrogens (tertiary/aromatic N) is 3. The van der Waals surface area contributed by atoms with Crippen LogP contribution in [-0.2, 0) is 4.79 Å². The summed E-state index contributed by atoms with van der Waals surface area (Å²) in [5.74, 6) is 0.315. The van der Waals surface area contributed by atoms with E-state index in [0.29, 0.717) is 17.0 Å². The third-order valence-corrected chi connectivity index (χ3v) is 2.11. The molecule has 1 amide bonds. The van der Waals surface area contributed by atoms with Crippen LogP contribution in [0.1, 0.15) is 6.92 Å². The van der Waals surface area contributed by atoms with Crippen LogP contribution in [0.25, 0.3) is 0 Å². The lowest BCUT2D eigenvalue weighted by Gasteiger charge is -2.19. The van der Waals surface area contributed by atoms with Crippen LogP contribution in [-0.4, -0.2) is 29.0 Å². The summed E-state index contributed by atoms with van der Waals surface area (Å²) in [5, 5.41) is 0. The highest BCUT2D eigenvalue weighted by molar-refractivity contribution is 9.10. The first kappa shape index (κ1) is 10.9. The molecule has 0 bridgehead atoms. The molecule has 5 nitrogen and oxygen atoms in total. The molecule has 0 saturated carbocycles. The predicted molar refractivity (Wildman–Crippen MR) is 56.8 cm³/mol. The molecule has 6 heteroatoms. The Morgan fingerprint density at radius 1 is 1.64 bits per heavy atom. The molecule has 1 rings (SSSR count). The fraction of sp³-hybridized carbons (Fsp3) is 0.375. The quantitative estimate of drug-likeness (QED) is 0.801. The molecular formula is C8H11BrN4O. The number of carbonyl (C=O) groups is 1. The highest BCUT2D eigenvalue weighted by Gasteiger charge is 2.08. The number of nitrogens with two attached hydrogens (primary N) is 1. The maximum atomic E-state index is 10.8. The largest absolute Gasteiger partial charge is 0.368 e. The Labute approximate surface area is 90.5 Å². The molecule has 1 heterocycles. The summed E-state index contributed by atoms with van der Waals surface area (Å²) in [6, 6.07) is 1.74. The van der Waals surface area contributed by atoms with Crippen molar-refractivity contribution in [3.8, 4) is 0 Å². The van der Waals surface area contributed by atoms with Crippen molar-refractivity contribution in [2.24, 2.45) is 5.73 Å². The lowest BCUT2D eigenvalue weighted by Crippen LogP contribution is -2.34. The van der Waals surface area contributed by atoms with E-state index in [4.69, 9.17) is 5.73 Å². The molecule has 0 aromatic carbocycles. The topological polar surface area (TPSA) is 72.1 Å². The first-order chi connectivity index (χ1) is 6.63.